The molecule has 1 amide bonds. The monoisotopic (exact) mass is 213 g/mol. The van der Waals surface area contributed by atoms with Gasteiger partial charge in [0.2, 0.25) is 5.91 Å². The molecule has 0 radical (unpaired) electrons. The average molecular weight is 213 g/mol. The van der Waals surface area contributed by atoms with E-state index in [1.54, 1.807) is 0 Å². The normalized spacial score (nSPS) is 12.7. The fourth-order valence-corrected chi connectivity index (χ4v) is 1.23. The third kappa shape index (κ3) is 11.4. The second-order valence-corrected chi connectivity index (χ2v) is 6.75. The largest absolute Gasteiger partial charge is 0.356 e. The maximum absolute atomic E-state index is 11.5. The molecule has 0 aliphatic heterocycles. The van der Waals surface area contributed by atoms with E-state index in [4.69, 9.17) is 0 Å². The Kier molecular flexibility index (Phi) is 5.33. The van der Waals surface area contributed by atoms with Crippen molar-refractivity contribution in [3.63, 3.8) is 0 Å². The van der Waals surface area contributed by atoms with Crippen LogP contribution in [0.3, 0.4) is 0 Å². The minimum absolute atomic E-state index is 0.180. The van der Waals surface area contributed by atoms with E-state index in [1.165, 1.54) is 0 Å². The molecule has 0 saturated carbocycles. The molecular formula is C13H27NO. The zero-order valence-corrected chi connectivity index (χ0v) is 11.2. The Morgan fingerprint density at radius 2 is 1.53 bits per heavy atom. The highest BCUT2D eigenvalue weighted by atomic mass is 16.1. The van der Waals surface area contributed by atoms with Gasteiger partial charge in [-0.05, 0) is 23.7 Å². The Morgan fingerprint density at radius 3 is 1.93 bits per heavy atom. The fourth-order valence-electron chi connectivity index (χ4n) is 1.23. The van der Waals surface area contributed by atoms with Gasteiger partial charge in [0, 0.05) is 13.0 Å². The summed E-state index contributed by atoms with van der Waals surface area (Å²) in [6, 6.07) is 0. The topological polar surface area (TPSA) is 29.1 Å². The lowest BCUT2D eigenvalue weighted by molar-refractivity contribution is -0.121. The van der Waals surface area contributed by atoms with Gasteiger partial charge in [0.25, 0.3) is 0 Å². The standard InChI is InChI=1S/C13H27NO/c1-12(2,3)9-7-8-11(15)14-10-13(4,5)6/h7-10H2,1-6H3,(H,14,15). The lowest BCUT2D eigenvalue weighted by Crippen LogP contribution is -2.32. The molecule has 1 N–H and O–H groups in total. The predicted molar refractivity (Wildman–Crippen MR) is 65.8 cm³/mol. The van der Waals surface area contributed by atoms with Crippen LogP contribution >= 0.6 is 0 Å². The molecular weight excluding hydrogens is 186 g/mol. The summed E-state index contributed by atoms with van der Waals surface area (Å²) in [5.41, 5.74) is 0.518. The number of carbonyl (C=O) groups excluding carboxylic acids is 1. The number of hydrogen-bond donors (Lipinski definition) is 1. The van der Waals surface area contributed by atoms with Gasteiger partial charge in [-0.3, -0.25) is 4.79 Å². The number of rotatable bonds is 4. The highest BCUT2D eigenvalue weighted by molar-refractivity contribution is 5.75. The smallest absolute Gasteiger partial charge is 0.220 e. The van der Waals surface area contributed by atoms with Crippen LogP contribution in [0.1, 0.15) is 60.8 Å². The van der Waals surface area contributed by atoms with Crippen LogP contribution in [0, 0.1) is 10.8 Å². The highest BCUT2D eigenvalue weighted by Crippen LogP contribution is 2.21. The van der Waals surface area contributed by atoms with Gasteiger partial charge in [0.1, 0.15) is 0 Å². The Bertz CT molecular complexity index is 196. The molecule has 2 nitrogen and oxygen atoms in total. The molecule has 0 unspecified atom stereocenters. The molecule has 0 spiro atoms. The minimum atomic E-state index is 0.180. The van der Waals surface area contributed by atoms with Crippen molar-refractivity contribution in [3.8, 4) is 0 Å². The number of hydrogen-bond acceptors (Lipinski definition) is 1. The van der Waals surface area contributed by atoms with Crippen molar-refractivity contribution >= 4 is 5.91 Å². The van der Waals surface area contributed by atoms with Gasteiger partial charge in [-0.25, -0.2) is 0 Å². The van der Waals surface area contributed by atoms with Gasteiger partial charge < -0.3 is 5.32 Å². The molecule has 0 aliphatic carbocycles. The number of amides is 1. The summed E-state index contributed by atoms with van der Waals surface area (Å²) in [4.78, 5) is 11.5. The summed E-state index contributed by atoms with van der Waals surface area (Å²) in [5.74, 6) is 0.189. The van der Waals surface area contributed by atoms with Gasteiger partial charge in [0.15, 0.2) is 0 Å². The molecule has 0 rings (SSSR count). The molecule has 90 valence electrons. The van der Waals surface area contributed by atoms with Crippen molar-refractivity contribution in [1.82, 2.24) is 5.32 Å². The second kappa shape index (κ2) is 5.53. The first-order valence-electron chi connectivity index (χ1n) is 5.87. The summed E-state index contributed by atoms with van der Waals surface area (Å²) in [5, 5.41) is 2.97. The summed E-state index contributed by atoms with van der Waals surface area (Å²) < 4.78 is 0. The van der Waals surface area contributed by atoms with Crippen LogP contribution in [0.5, 0.6) is 0 Å². The molecule has 0 aromatic rings. The van der Waals surface area contributed by atoms with Gasteiger partial charge in [-0.1, -0.05) is 41.5 Å². The van der Waals surface area contributed by atoms with E-state index in [-0.39, 0.29) is 11.3 Å². The highest BCUT2D eigenvalue weighted by Gasteiger charge is 2.13. The predicted octanol–water partition coefficient (Wildman–Crippen LogP) is 3.37. The van der Waals surface area contributed by atoms with Crippen LogP contribution in [0.25, 0.3) is 0 Å². The molecule has 0 fully saturated rings. The summed E-state index contributed by atoms with van der Waals surface area (Å²) in [6.07, 6.45) is 2.75. The van der Waals surface area contributed by atoms with Crippen LogP contribution in [-0.4, -0.2) is 12.5 Å². The lowest BCUT2D eigenvalue weighted by atomic mass is 9.90. The first kappa shape index (κ1) is 14.5. The zero-order valence-electron chi connectivity index (χ0n) is 11.2. The Balaban J connectivity index is 3.60. The van der Waals surface area contributed by atoms with E-state index < -0.39 is 0 Å². The first-order chi connectivity index (χ1) is 6.60. The van der Waals surface area contributed by atoms with E-state index in [9.17, 15) is 4.79 Å². The first-order valence-corrected chi connectivity index (χ1v) is 5.87. The van der Waals surface area contributed by atoms with Gasteiger partial charge >= 0.3 is 0 Å². The van der Waals surface area contributed by atoms with E-state index in [0.29, 0.717) is 11.8 Å². The maximum Gasteiger partial charge on any atom is 0.220 e. The van der Waals surface area contributed by atoms with E-state index in [0.717, 1.165) is 19.4 Å². The summed E-state index contributed by atoms with van der Waals surface area (Å²) >= 11 is 0. The fraction of sp³-hybridized carbons (Fsp3) is 0.923. The van der Waals surface area contributed by atoms with Crippen molar-refractivity contribution < 1.29 is 4.79 Å². The molecule has 0 bridgehead atoms. The molecule has 0 atom stereocenters. The lowest BCUT2D eigenvalue weighted by Gasteiger charge is -2.20. The van der Waals surface area contributed by atoms with E-state index in [2.05, 4.69) is 46.9 Å². The van der Waals surface area contributed by atoms with E-state index in [1.807, 2.05) is 0 Å². The van der Waals surface area contributed by atoms with Crippen LogP contribution in [0.2, 0.25) is 0 Å². The number of nitrogens with one attached hydrogen (secondary N) is 1. The van der Waals surface area contributed by atoms with Crippen molar-refractivity contribution in [2.75, 3.05) is 6.54 Å². The third-order valence-electron chi connectivity index (χ3n) is 2.15. The molecule has 2 heteroatoms. The quantitative estimate of drug-likeness (QED) is 0.762. The molecule has 15 heavy (non-hydrogen) atoms. The molecule has 0 aliphatic rings. The van der Waals surface area contributed by atoms with Crippen molar-refractivity contribution in [2.24, 2.45) is 10.8 Å². The summed E-state index contributed by atoms with van der Waals surface area (Å²) in [6.45, 7) is 13.8. The van der Waals surface area contributed by atoms with Crippen LogP contribution in [0.4, 0.5) is 0 Å². The molecule has 0 heterocycles. The van der Waals surface area contributed by atoms with Crippen molar-refractivity contribution in [2.45, 2.75) is 60.8 Å². The SMILES string of the molecule is CC(C)(C)CCCC(=O)NCC(C)(C)C. The van der Waals surface area contributed by atoms with Crippen LogP contribution < -0.4 is 5.32 Å². The average Bonchev–Trinajstić information content (AvgIpc) is 1.97. The van der Waals surface area contributed by atoms with Crippen LogP contribution in [-0.2, 0) is 4.79 Å². The number of carbonyl (C=O) groups is 1. The molecule has 0 aromatic carbocycles. The van der Waals surface area contributed by atoms with Crippen molar-refractivity contribution in [3.05, 3.63) is 0 Å². The van der Waals surface area contributed by atoms with Gasteiger partial charge in [-0.15, -0.1) is 0 Å². The minimum Gasteiger partial charge on any atom is -0.356 e. The zero-order chi connectivity index (χ0) is 12.1. The Morgan fingerprint density at radius 1 is 1.00 bits per heavy atom. The molecule has 0 saturated heterocycles. The summed E-state index contributed by atoms with van der Waals surface area (Å²) in [7, 11) is 0. The molecule has 0 aromatic heterocycles. The Hall–Kier alpha value is -0.530. The van der Waals surface area contributed by atoms with Crippen molar-refractivity contribution in [1.29, 1.82) is 0 Å². The third-order valence-corrected chi connectivity index (χ3v) is 2.15. The van der Waals surface area contributed by atoms with Gasteiger partial charge in [-0.2, -0.15) is 0 Å². The van der Waals surface area contributed by atoms with Crippen LogP contribution in [0.15, 0.2) is 0 Å². The second-order valence-electron chi connectivity index (χ2n) is 6.75. The maximum atomic E-state index is 11.5. The Labute approximate surface area is 94.8 Å². The van der Waals surface area contributed by atoms with E-state index >= 15 is 0 Å². The van der Waals surface area contributed by atoms with Gasteiger partial charge in [0.05, 0.1) is 0 Å².